The normalized spacial score (nSPS) is 18.7. The number of fused-ring (bicyclic) bond motifs is 2. The van der Waals surface area contributed by atoms with Crippen LogP contribution in [0.15, 0.2) is 47.3 Å². The molecule has 1 amide bonds. The number of ether oxygens (including phenoxy) is 4. The summed E-state index contributed by atoms with van der Waals surface area (Å²) in [7, 11) is 0. The van der Waals surface area contributed by atoms with Crippen molar-refractivity contribution in [2.45, 2.75) is 45.0 Å². The number of hydrogen-bond donors (Lipinski definition) is 1. The minimum absolute atomic E-state index is 0.0973. The molecule has 0 aliphatic carbocycles. The van der Waals surface area contributed by atoms with Crippen LogP contribution in [-0.2, 0) is 14.9 Å². The van der Waals surface area contributed by atoms with Crippen molar-refractivity contribution < 1.29 is 37.3 Å². The van der Waals surface area contributed by atoms with Crippen LogP contribution in [0.2, 0.25) is 5.15 Å². The molecule has 5 rings (SSSR count). The number of nitrogens with one attached hydrogen (secondary N) is 1. The first kappa shape index (κ1) is 26.4. The van der Waals surface area contributed by atoms with Crippen LogP contribution in [0.1, 0.15) is 43.6 Å². The molecule has 1 unspecified atom stereocenters. The smallest absolute Gasteiger partial charge is 0.492 e. The van der Waals surface area contributed by atoms with Gasteiger partial charge >= 0.3 is 12.3 Å². The molecule has 1 aromatic heterocycles. The molecule has 0 fully saturated rings. The summed E-state index contributed by atoms with van der Waals surface area (Å²) in [5.74, 6) is -1.48. The van der Waals surface area contributed by atoms with Crippen molar-refractivity contribution in [3.63, 3.8) is 0 Å². The lowest BCUT2D eigenvalue weighted by molar-refractivity contribution is -0.286. The Kier molecular flexibility index (Phi) is 6.06. The van der Waals surface area contributed by atoms with Crippen LogP contribution in [0, 0.1) is 0 Å². The Morgan fingerprint density at radius 3 is 2.36 bits per heavy atom. The fourth-order valence-corrected chi connectivity index (χ4v) is 4.27. The molecule has 1 N–H and O–H groups in total. The number of halogens is 3. The van der Waals surface area contributed by atoms with Gasteiger partial charge in [0.05, 0.1) is 11.3 Å². The van der Waals surface area contributed by atoms with E-state index in [-0.39, 0.29) is 51.5 Å². The van der Waals surface area contributed by atoms with Crippen LogP contribution in [0.4, 0.5) is 14.5 Å². The zero-order chi connectivity index (χ0) is 28.3. The summed E-state index contributed by atoms with van der Waals surface area (Å²) in [6.07, 6.45) is -3.83. The molecule has 2 aromatic carbocycles. The van der Waals surface area contributed by atoms with Crippen molar-refractivity contribution in [1.29, 1.82) is 0 Å². The zero-order valence-corrected chi connectivity index (χ0v) is 21.9. The molecule has 0 saturated heterocycles. The van der Waals surface area contributed by atoms with Gasteiger partial charge in [-0.25, -0.2) is 4.79 Å². The fourth-order valence-electron chi connectivity index (χ4n) is 4.08. The van der Waals surface area contributed by atoms with E-state index in [0.29, 0.717) is 0 Å². The summed E-state index contributed by atoms with van der Waals surface area (Å²) in [5, 5.41) is 6.48. The predicted octanol–water partition coefficient (Wildman–Crippen LogP) is 4.45. The van der Waals surface area contributed by atoms with Gasteiger partial charge < -0.3 is 24.3 Å². The van der Waals surface area contributed by atoms with Gasteiger partial charge in [0.15, 0.2) is 16.7 Å². The Labute approximate surface area is 225 Å². The van der Waals surface area contributed by atoms with Gasteiger partial charge in [-0.3, -0.25) is 9.59 Å². The van der Waals surface area contributed by atoms with Crippen LogP contribution in [-0.4, -0.2) is 40.2 Å². The molecular weight excluding hydrogens is 540 g/mol. The molecule has 10 nitrogen and oxygen atoms in total. The molecule has 13 heteroatoms. The van der Waals surface area contributed by atoms with Crippen molar-refractivity contribution in [3.05, 3.63) is 69.1 Å². The van der Waals surface area contributed by atoms with E-state index in [1.165, 1.54) is 49.4 Å². The average molecular weight is 562 g/mol. The highest BCUT2D eigenvalue weighted by molar-refractivity contribution is 6.29. The van der Waals surface area contributed by atoms with Gasteiger partial charge in [-0.15, -0.1) is 8.78 Å². The molecule has 1 atom stereocenters. The number of rotatable bonds is 4. The lowest BCUT2D eigenvalue weighted by Crippen LogP contribution is -2.40. The van der Waals surface area contributed by atoms with Gasteiger partial charge in [-0.1, -0.05) is 11.6 Å². The van der Waals surface area contributed by atoms with Crippen LogP contribution in [0.5, 0.6) is 17.2 Å². The van der Waals surface area contributed by atoms with Gasteiger partial charge in [-0.2, -0.15) is 9.78 Å². The maximum atomic E-state index is 13.5. The highest BCUT2D eigenvalue weighted by atomic mass is 35.5. The SMILES string of the molecule is CC(C)(C)OC(=O)c1ccc(-n2nc(Cl)cc(NC(=O)C3(C)COc4cc5c(cc43)OC(F)(F)O5)c2=O)cc1. The number of aromatic nitrogens is 2. The van der Waals surface area contributed by atoms with E-state index >= 15 is 0 Å². The van der Waals surface area contributed by atoms with E-state index in [1.807, 2.05) is 0 Å². The second-order valence-electron chi connectivity index (χ2n) is 10.2. The molecule has 2 aliphatic rings. The predicted molar refractivity (Wildman–Crippen MR) is 134 cm³/mol. The fraction of sp³-hybridized carbons (Fsp3) is 0.308. The lowest BCUT2D eigenvalue weighted by Gasteiger charge is -2.22. The molecule has 3 heterocycles. The second-order valence-corrected chi connectivity index (χ2v) is 10.6. The maximum absolute atomic E-state index is 13.5. The Balaban J connectivity index is 1.41. The first-order chi connectivity index (χ1) is 18.1. The van der Waals surface area contributed by atoms with E-state index in [0.717, 1.165) is 4.68 Å². The van der Waals surface area contributed by atoms with E-state index in [9.17, 15) is 23.2 Å². The number of alkyl halides is 2. The van der Waals surface area contributed by atoms with Gasteiger partial charge in [0, 0.05) is 17.7 Å². The Morgan fingerprint density at radius 2 is 1.72 bits per heavy atom. The number of carbonyl (C=O) groups is 2. The number of carbonyl (C=O) groups excluding carboxylic acids is 2. The van der Waals surface area contributed by atoms with Crippen LogP contribution < -0.4 is 25.1 Å². The van der Waals surface area contributed by atoms with Crippen molar-refractivity contribution in [2.75, 3.05) is 11.9 Å². The number of benzene rings is 2. The number of esters is 1. The zero-order valence-electron chi connectivity index (χ0n) is 21.1. The van der Waals surface area contributed by atoms with Crippen molar-refractivity contribution in [2.24, 2.45) is 0 Å². The number of anilines is 1. The molecule has 0 spiro atoms. The summed E-state index contributed by atoms with van der Waals surface area (Å²) >= 11 is 6.15. The molecule has 0 radical (unpaired) electrons. The van der Waals surface area contributed by atoms with Crippen molar-refractivity contribution in [3.8, 4) is 22.9 Å². The Morgan fingerprint density at radius 1 is 1.08 bits per heavy atom. The number of hydrogen-bond acceptors (Lipinski definition) is 8. The average Bonchev–Trinajstić information content (AvgIpc) is 3.33. The third-order valence-electron chi connectivity index (χ3n) is 5.99. The highest BCUT2D eigenvalue weighted by Crippen LogP contribution is 2.50. The highest BCUT2D eigenvalue weighted by Gasteiger charge is 2.49. The number of amides is 1. The van der Waals surface area contributed by atoms with Gasteiger partial charge in [-0.05, 0) is 58.0 Å². The first-order valence-electron chi connectivity index (χ1n) is 11.7. The quantitative estimate of drug-likeness (QED) is 0.464. The molecule has 2 aliphatic heterocycles. The summed E-state index contributed by atoms with van der Waals surface area (Å²) in [6, 6.07) is 9.57. The second kappa shape index (κ2) is 8.94. The third-order valence-corrected chi connectivity index (χ3v) is 6.18. The Hall–Kier alpha value is -4.19. The molecule has 39 heavy (non-hydrogen) atoms. The molecular formula is C26H22ClF2N3O7. The monoisotopic (exact) mass is 561 g/mol. The van der Waals surface area contributed by atoms with E-state index < -0.39 is 34.7 Å². The summed E-state index contributed by atoms with van der Waals surface area (Å²) in [4.78, 5) is 38.9. The van der Waals surface area contributed by atoms with E-state index in [1.54, 1.807) is 20.8 Å². The van der Waals surface area contributed by atoms with Gasteiger partial charge in [0.2, 0.25) is 5.91 Å². The number of nitrogens with zero attached hydrogens (tertiary/aromatic N) is 2. The van der Waals surface area contributed by atoms with Crippen LogP contribution in [0.25, 0.3) is 5.69 Å². The Bertz CT molecular complexity index is 1570. The minimum atomic E-state index is -3.83. The standard InChI is InChI=1S/C26H22ClF2N3O7/c1-24(2,3)39-22(34)13-5-7-14(8-6-13)32-21(33)16(10-20(27)31-32)30-23(35)25(4)12-36-17-11-19-18(9-15(17)25)37-26(28,29)38-19/h5-11H,12H2,1-4H3,(H,30,35). The van der Waals surface area contributed by atoms with Gasteiger partial charge in [0.25, 0.3) is 5.56 Å². The summed E-state index contributed by atoms with van der Waals surface area (Å²) in [6.45, 7) is 6.63. The minimum Gasteiger partial charge on any atom is -0.492 e. The maximum Gasteiger partial charge on any atom is 0.586 e. The van der Waals surface area contributed by atoms with Gasteiger partial charge in [0.1, 0.15) is 29.1 Å². The summed E-state index contributed by atoms with van der Waals surface area (Å²) in [5.41, 5.74) is -2.11. The van der Waals surface area contributed by atoms with Crippen LogP contribution in [0.3, 0.4) is 0 Å². The molecule has 0 bridgehead atoms. The van der Waals surface area contributed by atoms with Crippen molar-refractivity contribution in [1.82, 2.24) is 9.78 Å². The largest absolute Gasteiger partial charge is 0.586 e. The van der Waals surface area contributed by atoms with E-state index in [2.05, 4.69) is 19.9 Å². The molecule has 204 valence electrons. The first-order valence-corrected chi connectivity index (χ1v) is 12.1. The molecule has 3 aromatic rings. The van der Waals surface area contributed by atoms with Crippen LogP contribution >= 0.6 is 11.6 Å². The topological polar surface area (TPSA) is 118 Å². The van der Waals surface area contributed by atoms with Crippen molar-refractivity contribution >= 4 is 29.2 Å². The third kappa shape index (κ3) is 4.99. The lowest BCUT2D eigenvalue weighted by atomic mass is 9.83. The summed E-state index contributed by atoms with van der Waals surface area (Å²) < 4.78 is 47.8. The van der Waals surface area contributed by atoms with E-state index in [4.69, 9.17) is 21.1 Å². The molecule has 0 saturated carbocycles.